The molecule has 1 aliphatic heterocycles. The fourth-order valence-electron chi connectivity index (χ4n) is 2.33. The van der Waals surface area contributed by atoms with Gasteiger partial charge in [-0.2, -0.15) is 0 Å². The first-order valence-corrected chi connectivity index (χ1v) is 7.32. The summed E-state index contributed by atoms with van der Waals surface area (Å²) in [5.41, 5.74) is 1.16. The molecule has 0 bridgehead atoms. The van der Waals surface area contributed by atoms with Crippen molar-refractivity contribution in [3.05, 3.63) is 69.7 Å². The van der Waals surface area contributed by atoms with Crippen LogP contribution in [0.25, 0.3) is 0 Å². The summed E-state index contributed by atoms with van der Waals surface area (Å²) in [5.74, 6) is -0.234. The van der Waals surface area contributed by atoms with Gasteiger partial charge in [-0.1, -0.05) is 35.3 Å². The minimum Gasteiger partial charge on any atom is -0.439 e. The molecule has 1 saturated heterocycles. The lowest BCUT2D eigenvalue weighted by Crippen LogP contribution is -2.36. The number of ether oxygens (including phenoxy) is 1. The molecule has 2 aromatic rings. The van der Waals surface area contributed by atoms with Crippen LogP contribution in [0.2, 0.25) is 10.0 Å². The Morgan fingerprint density at radius 1 is 0.955 bits per heavy atom. The molecule has 1 N–H and O–H groups in total. The van der Waals surface area contributed by atoms with E-state index >= 15 is 0 Å². The molecule has 2 aromatic carbocycles. The van der Waals surface area contributed by atoms with Gasteiger partial charge in [0.2, 0.25) is 0 Å². The molecule has 1 aliphatic rings. The number of alkyl carbamates (subject to hydrolysis) is 1. The summed E-state index contributed by atoms with van der Waals surface area (Å²) in [6.45, 7) is 0. The van der Waals surface area contributed by atoms with Crippen molar-refractivity contribution in [3.63, 3.8) is 0 Å². The number of benzene rings is 2. The predicted octanol–water partition coefficient (Wildman–Crippen LogP) is 4.03. The van der Waals surface area contributed by atoms with Gasteiger partial charge in [-0.25, -0.2) is 4.79 Å². The summed E-state index contributed by atoms with van der Waals surface area (Å²) in [7, 11) is 0. The first-order chi connectivity index (χ1) is 10.5. The lowest BCUT2D eigenvalue weighted by molar-refractivity contribution is 0.0874. The summed E-state index contributed by atoms with van der Waals surface area (Å²) in [4.78, 5) is 24.2. The SMILES string of the molecule is O=C1NC(C(=O)c2ccc(Cl)cc2)C(c2ccc(Cl)cc2)O1. The van der Waals surface area contributed by atoms with Gasteiger partial charge in [0, 0.05) is 15.6 Å². The largest absolute Gasteiger partial charge is 0.439 e. The quantitative estimate of drug-likeness (QED) is 0.861. The Hall–Kier alpha value is -2.04. The Labute approximate surface area is 137 Å². The number of hydrogen-bond acceptors (Lipinski definition) is 3. The van der Waals surface area contributed by atoms with Crippen LogP contribution in [0.15, 0.2) is 48.5 Å². The van der Waals surface area contributed by atoms with Gasteiger partial charge < -0.3 is 10.1 Å². The molecule has 22 heavy (non-hydrogen) atoms. The van der Waals surface area contributed by atoms with E-state index in [0.29, 0.717) is 21.2 Å². The number of nitrogens with one attached hydrogen (secondary N) is 1. The van der Waals surface area contributed by atoms with Crippen LogP contribution < -0.4 is 5.32 Å². The highest BCUT2D eigenvalue weighted by Crippen LogP contribution is 2.29. The summed E-state index contributed by atoms with van der Waals surface area (Å²) >= 11 is 11.7. The van der Waals surface area contributed by atoms with E-state index in [1.54, 1.807) is 48.5 Å². The van der Waals surface area contributed by atoms with Crippen molar-refractivity contribution in [3.8, 4) is 0 Å². The molecule has 6 heteroatoms. The first kappa shape index (κ1) is 14.9. The van der Waals surface area contributed by atoms with Gasteiger partial charge in [0.05, 0.1) is 0 Å². The molecule has 0 saturated carbocycles. The van der Waals surface area contributed by atoms with Gasteiger partial charge in [-0.15, -0.1) is 0 Å². The van der Waals surface area contributed by atoms with Crippen LogP contribution in [-0.4, -0.2) is 17.9 Å². The molecule has 4 nitrogen and oxygen atoms in total. The molecule has 0 aliphatic carbocycles. The van der Waals surface area contributed by atoms with E-state index in [2.05, 4.69) is 5.32 Å². The average Bonchev–Trinajstić information content (AvgIpc) is 2.90. The number of carbonyl (C=O) groups excluding carboxylic acids is 2. The van der Waals surface area contributed by atoms with Crippen molar-refractivity contribution >= 4 is 35.1 Å². The second kappa shape index (κ2) is 5.99. The second-order valence-electron chi connectivity index (χ2n) is 4.87. The van der Waals surface area contributed by atoms with Crippen molar-refractivity contribution < 1.29 is 14.3 Å². The Morgan fingerprint density at radius 2 is 1.50 bits per heavy atom. The van der Waals surface area contributed by atoms with E-state index in [1.807, 2.05) is 0 Å². The number of halogens is 2. The second-order valence-corrected chi connectivity index (χ2v) is 5.74. The molecule has 1 heterocycles. The third-order valence-electron chi connectivity index (χ3n) is 3.42. The van der Waals surface area contributed by atoms with Gasteiger partial charge in [0.25, 0.3) is 0 Å². The fraction of sp³-hybridized carbons (Fsp3) is 0.125. The number of carbonyl (C=O) groups is 2. The lowest BCUT2D eigenvalue weighted by Gasteiger charge is -2.16. The van der Waals surface area contributed by atoms with Gasteiger partial charge >= 0.3 is 6.09 Å². The molecule has 0 spiro atoms. The van der Waals surface area contributed by atoms with Crippen LogP contribution in [0.3, 0.4) is 0 Å². The Balaban J connectivity index is 1.90. The normalized spacial score (nSPS) is 20.4. The van der Waals surface area contributed by atoms with Crippen LogP contribution in [-0.2, 0) is 4.74 Å². The highest BCUT2D eigenvalue weighted by Gasteiger charge is 2.40. The zero-order valence-electron chi connectivity index (χ0n) is 11.3. The van der Waals surface area contributed by atoms with E-state index in [-0.39, 0.29) is 5.78 Å². The number of ketones is 1. The van der Waals surface area contributed by atoms with Crippen LogP contribution in [0, 0.1) is 0 Å². The van der Waals surface area contributed by atoms with E-state index in [9.17, 15) is 9.59 Å². The Morgan fingerprint density at radius 3 is 2.09 bits per heavy atom. The van der Waals surface area contributed by atoms with Crippen LogP contribution in [0.1, 0.15) is 22.0 Å². The Bertz CT molecular complexity index is 713. The minimum atomic E-state index is -0.783. The topological polar surface area (TPSA) is 55.4 Å². The third-order valence-corrected chi connectivity index (χ3v) is 3.92. The molecule has 2 atom stereocenters. The van der Waals surface area contributed by atoms with Gasteiger partial charge in [0.1, 0.15) is 6.04 Å². The smallest absolute Gasteiger partial charge is 0.408 e. The number of hydrogen-bond donors (Lipinski definition) is 1. The number of rotatable bonds is 3. The lowest BCUT2D eigenvalue weighted by atomic mass is 9.95. The molecule has 2 unspecified atom stereocenters. The van der Waals surface area contributed by atoms with E-state index in [0.717, 1.165) is 0 Å². The molecular weight excluding hydrogens is 325 g/mol. The third kappa shape index (κ3) is 2.93. The summed E-state index contributed by atoms with van der Waals surface area (Å²) in [5, 5.41) is 3.66. The van der Waals surface area contributed by atoms with Crippen LogP contribution in [0.4, 0.5) is 4.79 Å². The van der Waals surface area contributed by atoms with Gasteiger partial charge in [-0.05, 0) is 42.0 Å². The standard InChI is InChI=1S/C16H11Cl2NO3/c17-11-5-1-9(2-6-11)14(20)13-15(22-16(21)19-13)10-3-7-12(18)8-4-10/h1-8,13,15H,(H,19,21). The first-order valence-electron chi connectivity index (χ1n) is 6.57. The molecular formula is C16H11Cl2NO3. The summed E-state index contributed by atoms with van der Waals surface area (Å²) < 4.78 is 5.23. The minimum absolute atomic E-state index is 0.234. The van der Waals surface area contributed by atoms with Crippen molar-refractivity contribution in [1.29, 1.82) is 0 Å². The fourth-order valence-corrected chi connectivity index (χ4v) is 2.58. The van der Waals surface area contributed by atoms with E-state index in [4.69, 9.17) is 27.9 Å². The molecule has 0 aromatic heterocycles. The van der Waals surface area contributed by atoms with Crippen molar-refractivity contribution in [2.24, 2.45) is 0 Å². The molecule has 112 valence electrons. The van der Waals surface area contributed by atoms with Gasteiger partial charge in [-0.3, -0.25) is 4.79 Å². The molecule has 1 amide bonds. The average molecular weight is 336 g/mol. The van der Waals surface area contributed by atoms with E-state index in [1.165, 1.54) is 0 Å². The van der Waals surface area contributed by atoms with Gasteiger partial charge in [0.15, 0.2) is 11.9 Å². The number of cyclic esters (lactones) is 1. The van der Waals surface area contributed by atoms with Crippen molar-refractivity contribution in [2.75, 3.05) is 0 Å². The summed E-state index contributed by atoms with van der Waals surface area (Å²) in [6.07, 6.45) is -1.31. The van der Waals surface area contributed by atoms with Crippen LogP contribution >= 0.6 is 23.2 Å². The zero-order chi connectivity index (χ0) is 15.7. The Kier molecular flexibility index (Phi) is 4.05. The maximum Gasteiger partial charge on any atom is 0.408 e. The maximum absolute atomic E-state index is 12.6. The summed E-state index contributed by atoms with van der Waals surface area (Å²) in [6, 6.07) is 12.6. The zero-order valence-corrected chi connectivity index (χ0v) is 12.8. The predicted molar refractivity (Wildman–Crippen MR) is 83.4 cm³/mol. The van der Waals surface area contributed by atoms with Crippen molar-refractivity contribution in [2.45, 2.75) is 12.1 Å². The van der Waals surface area contributed by atoms with E-state index < -0.39 is 18.2 Å². The molecule has 1 fully saturated rings. The highest BCUT2D eigenvalue weighted by molar-refractivity contribution is 6.31. The highest BCUT2D eigenvalue weighted by atomic mass is 35.5. The van der Waals surface area contributed by atoms with Crippen LogP contribution in [0.5, 0.6) is 0 Å². The monoisotopic (exact) mass is 335 g/mol. The number of Topliss-reactive ketones (excluding diaryl/α,β-unsaturated/α-hetero) is 1. The molecule has 0 radical (unpaired) electrons. The molecule has 3 rings (SSSR count). The van der Waals surface area contributed by atoms with Crippen molar-refractivity contribution in [1.82, 2.24) is 5.32 Å². The number of amides is 1. The maximum atomic E-state index is 12.6.